The van der Waals surface area contributed by atoms with Gasteiger partial charge < -0.3 is 10.6 Å². The van der Waals surface area contributed by atoms with Crippen molar-refractivity contribution in [3.8, 4) is 6.07 Å². The lowest BCUT2D eigenvalue weighted by Gasteiger charge is -2.30. The number of para-hydroxylation sites is 1. The van der Waals surface area contributed by atoms with Crippen LogP contribution in [0.25, 0.3) is 0 Å². The van der Waals surface area contributed by atoms with Crippen molar-refractivity contribution in [3.05, 3.63) is 29.8 Å². The van der Waals surface area contributed by atoms with Gasteiger partial charge in [-0.25, -0.2) is 0 Å². The topological polar surface area (TPSA) is 82.0 Å². The van der Waals surface area contributed by atoms with Crippen LogP contribution < -0.4 is 10.6 Å². The molecule has 1 aromatic carbocycles. The number of nitrogens with zero attached hydrogens (tertiary/aromatic N) is 1. The Morgan fingerprint density at radius 3 is 2.29 bits per heavy atom. The minimum Gasteiger partial charge on any atom is -0.345 e. The van der Waals surface area contributed by atoms with Crippen molar-refractivity contribution in [3.63, 3.8) is 0 Å². The second-order valence-electron chi connectivity index (χ2n) is 5.68. The van der Waals surface area contributed by atoms with Crippen molar-refractivity contribution in [2.45, 2.75) is 37.9 Å². The highest BCUT2D eigenvalue weighted by atomic mass is 19.4. The van der Waals surface area contributed by atoms with Gasteiger partial charge in [-0.15, -0.1) is 0 Å². The van der Waals surface area contributed by atoms with E-state index in [1.807, 2.05) is 6.07 Å². The fourth-order valence-electron chi connectivity index (χ4n) is 2.68. The molecule has 0 heterocycles. The monoisotopic (exact) mass is 339 g/mol. The highest BCUT2D eigenvalue weighted by Crippen LogP contribution is 2.37. The third kappa shape index (κ3) is 4.47. The average molecular weight is 339 g/mol. The molecule has 24 heavy (non-hydrogen) atoms. The summed E-state index contributed by atoms with van der Waals surface area (Å²) in [5, 5.41) is 13.7. The fourth-order valence-corrected chi connectivity index (χ4v) is 2.68. The third-order valence-corrected chi connectivity index (χ3v) is 4.03. The molecular weight excluding hydrogens is 323 g/mol. The molecule has 1 aromatic rings. The zero-order valence-corrected chi connectivity index (χ0v) is 12.7. The van der Waals surface area contributed by atoms with Crippen LogP contribution in [0.2, 0.25) is 0 Å². The summed E-state index contributed by atoms with van der Waals surface area (Å²) in [4.78, 5) is 23.7. The summed E-state index contributed by atoms with van der Waals surface area (Å²) in [5.74, 6) is -3.21. The molecule has 0 spiro atoms. The van der Waals surface area contributed by atoms with Crippen LogP contribution in [-0.2, 0) is 9.59 Å². The average Bonchev–Trinajstić information content (AvgIpc) is 2.55. The Hall–Kier alpha value is -2.56. The normalized spacial score (nSPS) is 20.8. The standard InChI is InChI=1S/C16H16F3N3O2/c17-16(18,19)11-5-7-12(8-6-11)21-14(23)15(24)22-13-4-2-1-3-10(13)9-20/h1-4,11-12H,5-8H2,(H,21,23)(H,22,24). The van der Waals surface area contributed by atoms with Gasteiger partial charge in [-0.2, -0.15) is 18.4 Å². The lowest BCUT2D eigenvalue weighted by atomic mass is 9.85. The van der Waals surface area contributed by atoms with E-state index in [1.54, 1.807) is 12.1 Å². The lowest BCUT2D eigenvalue weighted by Crippen LogP contribution is -2.44. The van der Waals surface area contributed by atoms with Crippen LogP contribution in [-0.4, -0.2) is 24.0 Å². The molecule has 0 atom stereocenters. The van der Waals surface area contributed by atoms with E-state index in [2.05, 4.69) is 10.6 Å². The molecular formula is C16H16F3N3O2. The van der Waals surface area contributed by atoms with Gasteiger partial charge in [-0.1, -0.05) is 12.1 Å². The first-order valence-corrected chi connectivity index (χ1v) is 7.49. The maximum Gasteiger partial charge on any atom is 0.391 e. The number of alkyl halides is 3. The number of halogens is 3. The van der Waals surface area contributed by atoms with Gasteiger partial charge in [0.15, 0.2) is 0 Å². The Kier molecular flexibility index (Phi) is 5.44. The zero-order valence-electron chi connectivity index (χ0n) is 12.7. The summed E-state index contributed by atoms with van der Waals surface area (Å²) < 4.78 is 37.8. The summed E-state index contributed by atoms with van der Waals surface area (Å²) in [5.41, 5.74) is 0.422. The van der Waals surface area contributed by atoms with Gasteiger partial charge in [0.2, 0.25) is 0 Å². The summed E-state index contributed by atoms with van der Waals surface area (Å²) in [6.45, 7) is 0. The van der Waals surface area contributed by atoms with E-state index in [0.29, 0.717) is 0 Å². The number of carbonyl (C=O) groups is 2. The Balaban J connectivity index is 1.87. The van der Waals surface area contributed by atoms with Gasteiger partial charge in [0.05, 0.1) is 17.2 Å². The molecule has 2 amide bonds. The summed E-state index contributed by atoms with van der Waals surface area (Å²) >= 11 is 0. The van der Waals surface area contributed by atoms with Crippen LogP contribution in [0.5, 0.6) is 0 Å². The number of benzene rings is 1. The van der Waals surface area contributed by atoms with Crippen LogP contribution in [0.15, 0.2) is 24.3 Å². The first-order chi connectivity index (χ1) is 11.3. The Morgan fingerprint density at radius 2 is 1.71 bits per heavy atom. The first-order valence-electron chi connectivity index (χ1n) is 7.49. The minimum atomic E-state index is -4.21. The van der Waals surface area contributed by atoms with Gasteiger partial charge in [0.25, 0.3) is 0 Å². The molecule has 1 saturated carbocycles. The van der Waals surface area contributed by atoms with Crippen LogP contribution in [0.3, 0.4) is 0 Å². The van der Waals surface area contributed by atoms with Gasteiger partial charge >= 0.3 is 18.0 Å². The molecule has 2 N–H and O–H groups in total. The van der Waals surface area contributed by atoms with Crippen molar-refractivity contribution < 1.29 is 22.8 Å². The highest BCUT2D eigenvalue weighted by Gasteiger charge is 2.41. The number of nitriles is 1. The van der Waals surface area contributed by atoms with Crippen molar-refractivity contribution in [1.29, 1.82) is 5.26 Å². The molecule has 0 radical (unpaired) electrons. The number of rotatable bonds is 2. The summed E-state index contributed by atoms with van der Waals surface area (Å²) in [6.07, 6.45) is -3.98. The molecule has 128 valence electrons. The van der Waals surface area contributed by atoms with E-state index in [9.17, 15) is 22.8 Å². The van der Waals surface area contributed by atoms with Crippen molar-refractivity contribution in [1.82, 2.24) is 5.32 Å². The molecule has 5 nitrogen and oxygen atoms in total. The first kappa shape index (κ1) is 17.8. The predicted octanol–water partition coefficient (Wildman–Crippen LogP) is 2.73. The lowest BCUT2D eigenvalue weighted by molar-refractivity contribution is -0.182. The van der Waals surface area contributed by atoms with E-state index in [1.165, 1.54) is 12.1 Å². The molecule has 0 aromatic heterocycles. The number of hydrogen-bond donors (Lipinski definition) is 2. The van der Waals surface area contributed by atoms with Crippen LogP contribution in [0.1, 0.15) is 31.2 Å². The Morgan fingerprint density at radius 1 is 1.08 bits per heavy atom. The third-order valence-electron chi connectivity index (χ3n) is 4.03. The van der Waals surface area contributed by atoms with E-state index >= 15 is 0 Å². The highest BCUT2D eigenvalue weighted by molar-refractivity contribution is 6.39. The molecule has 2 rings (SSSR count). The smallest absolute Gasteiger partial charge is 0.345 e. The van der Waals surface area contributed by atoms with Crippen molar-refractivity contribution >= 4 is 17.5 Å². The quantitative estimate of drug-likeness (QED) is 0.813. The summed E-state index contributed by atoms with van der Waals surface area (Å²) in [6, 6.07) is 7.64. The Bertz CT molecular complexity index is 659. The molecule has 1 fully saturated rings. The van der Waals surface area contributed by atoms with E-state index in [-0.39, 0.29) is 36.9 Å². The SMILES string of the molecule is N#Cc1ccccc1NC(=O)C(=O)NC1CCC(C(F)(F)F)CC1. The maximum atomic E-state index is 12.6. The molecule has 0 saturated heterocycles. The van der Waals surface area contributed by atoms with Gasteiger partial charge in [0, 0.05) is 6.04 Å². The van der Waals surface area contributed by atoms with Gasteiger partial charge in [0.1, 0.15) is 6.07 Å². The summed E-state index contributed by atoms with van der Waals surface area (Å²) in [7, 11) is 0. The van der Waals surface area contributed by atoms with Crippen LogP contribution in [0.4, 0.5) is 18.9 Å². The largest absolute Gasteiger partial charge is 0.391 e. The molecule has 0 bridgehead atoms. The van der Waals surface area contributed by atoms with Crippen LogP contribution in [0, 0.1) is 17.2 Å². The maximum absolute atomic E-state index is 12.6. The van der Waals surface area contributed by atoms with E-state index in [0.717, 1.165) is 0 Å². The molecule has 8 heteroatoms. The number of carbonyl (C=O) groups excluding carboxylic acids is 2. The van der Waals surface area contributed by atoms with E-state index < -0.39 is 30.0 Å². The second kappa shape index (κ2) is 7.34. The second-order valence-corrected chi connectivity index (χ2v) is 5.68. The number of nitrogens with one attached hydrogen (secondary N) is 2. The van der Waals surface area contributed by atoms with Crippen LogP contribution >= 0.6 is 0 Å². The fraction of sp³-hybridized carbons (Fsp3) is 0.438. The molecule has 0 unspecified atom stereocenters. The number of amides is 2. The Labute approximate surface area is 136 Å². The molecule has 0 aliphatic heterocycles. The van der Waals surface area contributed by atoms with Crippen molar-refractivity contribution in [2.24, 2.45) is 5.92 Å². The zero-order chi connectivity index (χ0) is 17.7. The van der Waals surface area contributed by atoms with Crippen molar-refractivity contribution in [2.75, 3.05) is 5.32 Å². The molecule has 1 aliphatic carbocycles. The predicted molar refractivity (Wildman–Crippen MR) is 79.7 cm³/mol. The van der Waals surface area contributed by atoms with E-state index in [4.69, 9.17) is 5.26 Å². The van der Waals surface area contributed by atoms with Gasteiger partial charge in [-0.05, 0) is 37.8 Å². The van der Waals surface area contributed by atoms with Gasteiger partial charge in [-0.3, -0.25) is 9.59 Å². The number of hydrogen-bond acceptors (Lipinski definition) is 3. The number of anilines is 1. The minimum absolute atomic E-state index is 0.0622. The molecule has 1 aliphatic rings.